The number of ether oxygens (including phenoxy) is 2. The summed E-state index contributed by atoms with van der Waals surface area (Å²) in [5, 5.41) is 3.08. The summed E-state index contributed by atoms with van der Waals surface area (Å²) in [5.74, 6) is 2.54. The minimum absolute atomic E-state index is 0.0797. The zero-order valence-corrected chi connectivity index (χ0v) is 22.3. The molecule has 0 bridgehead atoms. The van der Waals surface area contributed by atoms with E-state index in [9.17, 15) is 9.59 Å². The standard InChI is InChI=1S/C30H34N2O4S/c1-3-35-27-15-14-22(18-28(27)36-4-2)16-17-31-29(33)26(21-37-20-23-10-6-5-7-11-23)32-19-24-12-8-9-13-25(24)30(32)34/h5-15,18,26H,3-4,16-17,19-21H2,1-2H3,(H,31,33)/t26-/m0/s1. The van der Waals surface area contributed by atoms with Crippen molar-refractivity contribution in [1.29, 1.82) is 0 Å². The van der Waals surface area contributed by atoms with Crippen LogP contribution in [0.2, 0.25) is 0 Å². The lowest BCUT2D eigenvalue weighted by molar-refractivity contribution is -0.124. The summed E-state index contributed by atoms with van der Waals surface area (Å²) in [4.78, 5) is 28.3. The fraction of sp³-hybridized carbons (Fsp3) is 0.333. The van der Waals surface area contributed by atoms with Gasteiger partial charge >= 0.3 is 0 Å². The lowest BCUT2D eigenvalue weighted by Crippen LogP contribution is -2.49. The molecular formula is C30H34N2O4S. The third-order valence-electron chi connectivity index (χ3n) is 6.24. The van der Waals surface area contributed by atoms with E-state index in [0.717, 1.165) is 22.6 Å². The van der Waals surface area contributed by atoms with E-state index < -0.39 is 6.04 Å². The number of hydrogen-bond acceptors (Lipinski definition) is 5. The molecule has 3 aromatic rings. The molecule has 0 spiro atoms. The maximum atomic E-state index is 13.4. The van der Waals surface area contributed by atoms with E-state index in [1.807, 2.05) is 74.5 Å². The molecule has 1 atom stereocenters. The van der Waals surface area contributed by atoms with Gasteiger partial charge in [-0.2, -0.15) is 11.8 Å². The van der Waals surface area contributed by atoms with Crippen molar-refractivity contribution >= 4 is 23.6 Å². The van der Waals surface area contributed by atoms with Crippen molar-refractivity contribution in [1.82, 2.24) is 10.2 Å². The molecule has 0 radical (unpaired) electrons. The van der Waals surface area contributed by atoms with Gasteiger partial charge in [-0.15, -0.1) is 0 Å². The van der Waals surface area contributed by atoms with E-state index in [4.69, 9.17) is 9.47 Å². The van der Waals surface area contributed by atoms with Gasteiger partial charge in [-0.25, -0.2) is 0 Å². The Hall–Kier alpha value is -3.45. The van der Waals surface area contributed by atoms with Crippen LogP contribution in [0.25, 0.3) is 0 Å². The predicted octanol–water partition coefficient (Wildman–Crippen LogP) is 5.10. The predicted molar refractivity (Wildman–Crippen MR) is 148 cm³/mol. The number of amides is 2. The molecule has 194 valence electrons. The van der Waals surface area contributed by atoms with Gasteiger partial charge in [0.05, 0.1) is 13.2 Å². The Morgan fingerprint density at radius 1 is 0.946 bits per heavy atom. The molecule has 1 aliphatic rings. The van der Waals surface area contributed by atoms with Crippen molar-refractivity contribution in [3.8, 4) is 11.5 Å². The van der Waals surface area contributed by atoms with E-state index >= 15 is 0 Å². The topological polar surface area (TPSA) is 67.9 Å². The van der Waals surface area contributed by atoms with Gasteiger partial charge in [0.1, 0.15) is 6.04 Å². The molecule has 7 heteroatoms. The van der Waals surface area contributed by atoms with Crippen molar-refractivity contribution < 1.29 is 19.1 Å². The molecule has 0 unspecified atom stereocenters. The van der Waals surface area contributed by atoms with Crippen LogP contribution in [0, 0.1) is 0 Å². The highest BCUT2D eigenvalue weighted by atomic mass is 32.2. The first kappa shape index (κ1) is 26.6. The summed E-state index contributed by atoms with van der Waals surface area (Å²) in [5.41, 5.74) is 3.90. The summed E-state index contributed by atoms with van der Waals surface area (Å²) in [6, 6.07) is 23.1. The average Bonchev–Trinajstić information content (AvgIpc) is 3.25. The Morgan fingerprint density at radius 2 is 1.68 bits per heavy atom. The largest absolute Gasteiger partial charge is 0.490 e. The summed E-state index contributed by atoms with van der Waals surface area (Å²) < 4.78 is 11.4. The van der Waals surface area contributed by atoms with E-state index in [2.05, 4.69) is 17.4 Å². The van der Waals surface area contributed by atoms with Gasteiger partial charge in [-0.3, -0.25) is 9.59 Å². The van der Waals surface area contributed by atoms with Crippen LogP contribution >= 0.6 is 11.8 Å². The molecular weight excluding hydrogens is 484 g/mol. The molecule has 0 fully saturated rings. The lowest BCUT2D eigenvalue weighted by Gasteiger charge is -2.27. The van der Waals surface area contributed by atoms with Crippen LogP contribution in [0.3, 0.4) is 0 Å². The fourth-order valence-corrected chi connectivity index (χ4v) is 5.50. The van der Waals surface area contributed by atoms with E-state index in [1.165, 1.54) is 5.56 Å². The number of nitrogens with one attached hydrogen (secondary N) is 1. The van der Waals surface area contributed by atoms with Crippen LogP contribution in [0.15, 0.2) is 72.8 Å². The first-order valence-corrected chi connectivity index (χ1v) is 13.9. The van der Waals surface area contributed by atoms with Crippen molar-refractivity contribution in [2.45, 2.75) is 38.6 Å². The maximum Gasteiger partial charge on any atom is 0.255 e. The van der Waals surface area contributed by atoms with Crippen LogP contribution in [0.1, 0.15) is 40.9 Å². The minimum Gasteiger partial charge on any atom is -0.490 e. The minimum atomic E-state index is -0.548. The first-order valence-electron chi connectivity index (χ1n) is 12.8. The highest BCUT2D eigenvalue weighted by Gasteiger charge is 2.36. The van der Waals surface area contributed by atoms with Crippen LogP contribution < -0.4 is 14.8 Å². The zero-order chi connectivity index (χ0) is 26.0. The Morgan fingerprint density at radius 3 is 2.43 bits per heavy atom. The van der Waals surface area contributed by atoms with E-state index in [1.54, 1.807) is 16.7 Å². The van der Waals surface area contributed by atoms with Crippen molar-refractivity contribution in [2.24, 2.45) is 0 Å². The number of fused-ring (bicyclic) bond motifs is 1. The van der Waals surface area contributed by atoms with Gasteiger partial charge in [-0.1, -0.05) is 54.6 Å². The van der Waals surface area contributed by atoms with Crippen LogP contribution in [0.4, 0.5) is 0 Å². The second-order valence-electron chi connectivity index (χ2n) is 8.79. The summed E-state index contributed by atoms with van der Waals surface area (Å²) in [7, 11) is 0. The van der Waals surface area contributed by atoms with Gasteiger partial charge in [0.2, 0.25) is 5.91 Å². The molecule has 1 N–H and O–H groups in total. The Bertz CT molecular complexity index is 1200. The lowest BCUT2D eigenvalue weighted by atomic mass is 10.1. The van der Waals surface area contributed by atoms with Gasteiger partial charge in [-0.05, 0) is 55.2 Å². The molecule has 3 aromatic carbocycles. The van der Waals surface area contributed by atoms with Crippen LogP contribution in [-0.2, 0) is 23.5 Å². The second kappa shape index (κ2) is 13.2. The van der Waals surface area contributed by atoms with E-state index in [0.29, 0.717) is 49.8 Å². The molecule has 37 heavy (non-hydrogen) atoms. The molecule has 1 heterocycles. The molecule has 0 saturated carbocycles. The van der Waals surface area contributed by atoms with Crippen molar-refractivity contribution in [3.63, 3.8) is 0 Å². The molecule has 0 saturated heterocycles. The Balaban J connectivity index is 1.40. The number of thioether (sulfide) groups is 1. The fourth-order valence-electron chi connectivity index (χ4n) is 4.40. The van der Waals surface area contributed by atoms with Crippen LogP contribution in [-0.4, -0.2) is 48.3 Å². The Kier molecular flexibility index (Phi) is 9.49. The number of nitrogens with zero attached hydrogens (tertiary/aromatic N) is 1. The molecule has 0 aliphatic carbocycles. The van der Waals surface area contributed by atoms with Gasteiger partial charge in [0.15, 0.2) is 11.5 Å². The number of benzene rings is 3. The Labute approximate surface area is 223 Å². The summed E-state index contributed by atoms with van der Waals surface area (Å²) in [6.45, 7) is 5.92. The number of carbonyl (C=O) groups is 2. The normalized spacial score (nSPS) is 13.2. The highest BCUT2D eigenvalue weighted by molar-refractivity contribution is 7.98. The molecule has 6 nitrogen and oxygen atoms in total. The molecule has 2 amide bonds. The average molecular weight is 519 g/mol. The smallest absolute Gasteiger partial charge is 0.255 e. The maximum absolute atomic E-state index is 13.4. The first-order chi connectivity index (χ1) is 18.1. The quantitative estimate of drug-likeness (QED) is 0.341. The van der Waals surface area contributed by atoms with E-state index in [-0.39, 0.29) is 11.8 Å². The summed E-state index contributed by atoms with van der Waals surface area (Å²) in [6.07, 6.45) is 0.649. The van der Waals surface area contributed by atoms with Crippen molar-refractivity contribution in [2.75, 3.05) is 25.5 Å². The molecule has 0 aromatic heterocycles. The van der Waals surface area contributed by atoms with Gasteiger partial charge in [0, 0.05) is 30.2 Å². The third kappa shape index (κ3) is 6.86. The van der Waals surface area contributed by atoms with Crippen molar-refractivity contribution in [3.05, 3.63) is 95.1 Å². The SMILES string of the molecule is CCOc1ccc(CCNC(=O)[C@H](CSCc2ccccc2)N2Cc3ccccc3C2=O)cc1OCC. The number of hydrogen-bond donors (Lipinski definition) is 1. The van der Waals surface area contributed by atoms with Crippen LogP contribution in [0.5, 0.6) is 11.5 Å². The number of rotatable bonds is 13. The monoisotopic (exact) mass is 518 g/mol. The van der Waals surface area contributed by atoms with Gasteiger partial charge in [0.25, 0.3) is 5.91 Å². The second-order valence-corrected chi connectivity index (χ2v) is 9.83. The summed E-state index contributed by atoms with van der Waals surface area (Å²) >= 11 is 1.67. The molecule has 4 rings (SSSR count). The number of carbonyl (C=O) groups excluding carboxylic acids is 2. The van der Waals surface area contributed by atoms with Gasteiger partial charge < -0.3 is 19.7 Å². The zero-order valence-electron chi connectivity index (χ0n) is 21.4. The third-order valence-corrected chi connectivity index (χ3v) is 7.33. The highest BCUT2D eigenvalue weighted by Crippen LogP contribution is 2.29. The molecule has 1 aliphatic heterocycles.